The zero-order chi connectivity index (χ0) is 17.2. The van der Waals surface area contributed by atoms with Crippen LogP contribution < -0.4 is 9.80 Å². The lowest BCUT2D eigenvalue weighted by Crippen LogP contribution is -2.41. The lowest BCUT2D eigenvalue weighted by molar-refractivity contribution is -0.170. The Morgan fingerprint density at radius 1 is 1.39 bits per heavy atom. The third-order valence-corrected chi connectivity index (χ3v) is 4.46. The summed E-state index contributed by atoms with van der Waals surface area (Å²) >= 11 is 6.29. The maximum atomic E-state index is 12.7. The van der Waals surface area contributed by atoms with Crippen LogP contribution in [0.2, 0.25) is 5.02 Å². The Hall–Kier alpha value is -1.43. The van der Waals surface area contributed by atoms with Crippen molar-refractivity contribution >= 4 is 28.9 Å². The van der Waals surface area contributed by atoms with Crippen LogP contribution in [0.3, 0.4) is 0 Å². The van der Waals surface area contributed by atoms with Gasteiger partial charge in [0.25, 0.3) is 0 Å². The third kappa shape index (κ3) is 3.91. The summed E-state index contributed by atoms with van der Waals surface area (Å²) in [5, 5.41) is 0.365. The summed E-state index contributed by atoms with van der Waals surface area (Å²) in [5.74, 6) is -1.88. The zero-order valence-corrected chi connectivity index (χ0v) is 13.9. The number of piperidine rings is 1. The molecule has 1 heterocycles. The van der Waals surface area contributed by atoms with Crippen LogP contribution in [0.15, 0.2) is 18.2 Å². The van der Waals surface area contributed by atoms with E-state index in [0.717, 1.165) is 31.5 Å². The molecular formula is C16H20ClF3N2O. The third-order valence-electron chi connectivity index (χ3n) is 4.16. The lowest BCUT2D eigenvalue weighted by atomic mass is 10.0. The molecule has 3 nitrogen and oxygen atoms in total. The number of benzene rings is 1. The summed E-state index contributed by atoms with van der Waals surface area (Å²) in [6.07, 6.45) is -1.61. The Kier molecular flexibility index (Phi) is 5.45. The van der Waals surface area contributed by atoms with Crippen LogP contribution in [0, 0.1) is 0 Å². The minimum atomic E-state index is -4.90. The standard InChI is InChI=1S/C16H20ClF3N2O/c1-3-21(15(23)16(18,19)20)12-7-8-14(13(17)10-12)22-9-5-4-6-11(22)2/h7-8,10-11H,3-6,9H2,1-2H3/t11-/m0/s1. The van der Waals surface area contributed by atoms with Crippen molar-refractivity contribution in [3.8, 4) is 0 Å². The number of hydrogen-bond acceptors (Lipinski definition) is 2. The molecule has 128 valence electrons. The van der Waals surface area contributed by atoms with Gasteiger partial charge in [0.15, 0.2) is 0 Å². The Bertz CT molecular complexity index is 577. The van der Waals surface area contributed by atoms with Gasteiger partial charge in [-0.2, -0.15) is 13.2 Å². The topological polar surface area (TPSA) is 23.6 Å². The second-order valence-electron chi connectivity index (χ2n) is 5.72. The number of halogens is 4. The SMILES string of the molecule is CCN(C(=O)C(F)(F)F)c1ccc(N2CCCC[C@@H]2C)c(Cl)c1. The first-order chi connectivity index (χ1) is 10.8. The summed E-state index contributed by atoms with van der Waals surface area (Å²) in [5.41, 5.74) is 0.964. The van der Waals surface area contributed by atoms with Crippen LogP contribution in [0.4, 0.5) is 24.5 Å². The normalized spacial score (nSPS) is 18.9. The highest BCUT2D eigenvalue weighted by Crippen LogP contribution is 2.35. The number of amides is 1. The van der Waals surface area contributed by atoms with Gasteiger partial charge in [0.05, 0.1) is 10.7 Å². The molecule has 0 saturated carbocycles. The highest BCUT2D eigenvalue weighted by Gasteiger charge is 2.42. The number of carbonyl (C=O) groups is 1. The van der Waals surface area contributed by atoms with E-state index in [0.29, 0.717) is 16.0 Å². The van der Waals surface area contributed by atoms with Gasteiger partial charge in [0.1, 0.15) is 0 Å². The van der Waals surface area contributed by atoms with Crippen molar-refractivity contribution in [2.45, 2.75) is 45.3 Å². The fourth-order valence-corrected chi connectivity index (χ4v) is 3.23. The van der Waals surface area contributed by atoms with Crippen molar-refractivity contribution in [3.05, 3.63) is 23.2 Å². The Morgan fingerprint density at radius 2 is 2.09 bits per heavy atom. The minimum Gasteiger partial charge on any atom is -0.368 e. The van der Waals surface area contributed by atoms with E-state index in [2.05, 4.69) is 11.8 Å². The van der Waals surface area contributed by atoms with Crippen LogP contribution in [0.25, 0.3) is 0 Å². The van der Waals surface area contributed by atoms with Gasteiger partial charge < -0.3 is 9.80 Å². The molecule has 1 aromatic rings. The number of carbonyl (C=O) groups excluding carboxylic acids is 1. The molecular weight excluding hydrogens is 329 g/mol. The van der Waals surface area contributed by atoms with Crippen molar-refractivity contribution in [1.29, 1.82) is 0 Å². The quantitative estimate of drug-likeness (QED) is 0.794. The Labute approximate surface area is 139 Å². The summed E-state index contributed by atoms with van der Waals surface area (Å²) in [6.45, 7) is 4.40. The number of rotatable bonds is 3. The molecule has 1 aliphatic heterocycles. The number of hydrogen-bond donors (Lipinski definition) is 0. The second-order valence-corrected chi connectivity index (χ2v) is 6.13. The Balaban J connectivity index is 2.29. The van der Waals surface area contributed by atoms with E-state index in [4.69, 9.17) is 11.6 Å². The summed E-state index contributed by atoms with van der Waals surface area (Å²) in [6, 6.07) is 5.00. The molecule has 2 rings (SSSR count). The Morgan fingerprint density at radius 3 is 2.61 bits per heavy atom. The fraction of sp³-hybridized carbons (Fsp3) is 0.562. The lowest BCUT2D eigenvalue weighted by Gasteiger charge is -2.36. The minimum absolute atomic E-state index is 0.0753. The van der Waals surface area contributed by atoms with Gasteiger partial charge in [-0.25, -0.2) is 0 Å². The molecule has 1 saturated heterocycles. The van der Waals surface area contributed by atoms with Gasteiger partial charge in [0.2, 0.25) is 0 Å². The first kappa shape index (κ1) is 17.9. The molecule has 0 bridgehead atoms. The molecule has 1 aromatic carbocycles. The summed E-state index contributed by atoms with van der Waals surface area (Å²) in [4.78, 5) is 14.3. The van der Waals surface area contributed by atoms with Gasteiger partial charge in [-0.1, -0.05) is 11.6 Å². The molecule has 0 spiro atoms. The van der Waals surface area contributed by atoms with Crippen molar-refractivity contribution in [1.82, 2.24) is 0 Å². The van der Waals surface area contributed by atoms with Crippen LogP contribution in [-0.2, 0) is 4.79 Å². The first-order valence-corrected chi connectivity index (χ1v) is 8.08. The molecule has 0 unspecified atom stereocenters. The van der Waals surface area contributed by atoms with Crippen LogP contribution >= 0.6 is 11.6 Å². The van der Waals surface area contributed by atoms with E-state index in [1.54, 1.807) is 6.07 Å². The van der Waals surface area contributed by atoms with Crippen LogP contribution in [0.1, 0.15) is 33.1 Å². The van der Waals surface area contributed by atoms with Gasteiger partial charge in [0, 0.05) is 24.8 Å². The van der Waals surface area contributed by atoms with E-state index in [1.165, 1.54) is 19.1 Å². The van der Waals surface area contributed by atoms with E-state index in [9.17, 15) is 18.0 Å². The fourth-order valence-electron chi connectivity index (χ4n) is 2.95. The molecule has 0 radical (unpaired) electrons. The summed E-state index contributed by atoms with van der Waals surface area (Å²) in [7, 11) is 0. The van der Waals surface area contributed by atoms with E-state index < -0.39 is 12.1 Å². The first-order valence-electron chi connectivity index (χ1n) is 7.70. The molecule has 1 aliphatic rings. The van der Waals surface area contributed by atoms with E-state index in [1.807, 2.05) is 0 Å². The smallest absolute Gasteiger partial charge is 0.368 e. The van der Waals surface area contributed by atoms with Crippen LogP contribution in [-0.4, -0.2) is 31.2 Å². The van der Waals surface area contributed by atoms with Crippen molar-refractivity contribution < 1.29 is 18.0 Å². The molecule has 1 atom stereocenters. The molecule has 7 heteroatoms. The molecule has 0 N–H and O–H groups in total. The molecule has 1 fully saturated rings. The number of nitrogens with zero attached hydrogens (tertiary/aromatic N) is 2. The van der Waals surface area contributed by atoms with Crippen LogP contribution in [0.5, 0.6) is 0 Å². The number of anilines is 2. The predicted octanol–water partition coefficient (Wildman–Crippen LogP) is 4.63. The average molecular weight is 349 g/mol. The van der Waals surface area contributed by atoms with E-state index in [-0.39, 0.29) is 12.2 Å². The predicted molar refractivity (Wildman–Crippen MR) is 86.2 cm³/mol. The molecule has 0 aliphatic carbocycles. The zero-order valence-electron chi connectivity index (χ0n) is 13.2. The summed E-state index contributed by atoms with van der Waals surface area (Å²) < 4.78 is 38.0. The largest absolute Gasteiger partial charge is 0.471 e. The van der Waals surface area contributed by atoms with Crippen molar-refractivity contribution in [2.24, 2.45) is 0 Å². The monoisotopic (exact) mass is 348 g/mol. The molecule has 0 aromatic heterocycles. The maximum absolute atomic E-state index is 12.7. The van der Waals surface area contributed by atoms with Gasteiger partial charge in [-0.3, -0.25) is 4.79 Å². The van der Waals surface area contributed by atoms with Gasteiger partial charge in [-0.05, 0) is 51.3 Å². The highest BCUT2D eigenvalue weighted by atomic mass is 35.5. The number of alkyl halides is 3. The second kappa shape index (κ2) is 6.99. The average Bonchev–Trinajstić information content (AvgIpc) is 2.48. The maximum Gasteiger partial charge on any atom is 0.471 e. The van der Waals surface area contributed by atoms with Gasteiger partial charge in [-0.15, -0.1) is 0 Å². The molecule has 23 heavy (non-hydrogen) atoms. The molecule has 1 amide bonds. The van der Waals surface area contributed by atoms with Crippen molar-refractivity contribution in [2.75, 3.05) is 22.9 Å². The van der Waals surface area contributed by atoms with Crippen molar-refractivity contribution in [3.63, 3.8) is 0 Å². The van der Waals surface area contributed by atoms with E-state index >= 15 is 0 Å². The van der Waals surface area contributed by atoms with Gasteiger partial charge >= 0.3 is 12.1 Å². The highest BCUT2D eigenvalue weighted by molar-refractivity contribution is 6.33.